The number of nitrogens with one attached hydrogen (secondary N) is 1. The molecule has 0 saturated carbocycles. The third kappa shape index (κ3) is 1.40. The summed E-state index contributed by atoms with van der Waals surface area (Å²) in [6.07, 6.45) is 5.85. The summed E-state index contributed by atoms with van der Waals surface area (Å²) in [6.45, 7) is 0. The Morgan fingerprint density at radius 2 is 1.80 bits per heavy atom. The van der Waals surface area contributed by atoms with E-state index in [0.717, 1.165) is 0 Å². The van der Waals surface area contributed by atoms with Crippen LogP contribution >= 0.6 is 0 Å². The van der Waals surface area contributed by atoms with E-state index in [4.69, 9.17) is 0 Å². The van der Waals surface area contributed by atoms with Crippen LogP contribution in [0.4, 0.5) is 0 Å². The maximum absolute atomic E-state index is 3.04. The molecule has 3 aromatic rings. The normalized spacial score (nSPS) is 10.7. The molecule has 3 rings (SSSR count). The van der Waals surface area contributed by atoms with Crippen LogP contribution in [-0.2, 0) is 0 Å². The van der Waals surface area contributed by atoms with Gasteiger partial charge in [0.05, 0.1) is 0 Å². The molecule has 2 nitrogen and oxygen atoms in total. The summed E-state index contributed by atoms with van der Waals surface area (Å²) in [4.78, 5) is 3.04. The standard InChI is InChI=1S/C13H10N2/c1-2-4-12-9-13(6-5-11(12)3-1)15-8-7-14-10-15/h1-10H/p+1. The molecule has 1 N–H and O–H groups in total. The van der Waals surface area contributed by atoms with E-state index in [9.17, 15) is 0 Å². The van der Waals surface area contributed by atoms with Crippen molar-refractivity contribution in [1.29, 1.82) is 0 Å². The number of H-pyrrole nitrogens is 1. The molecule has 2 aromatic carbocycles. The van der Waals surface area contributed by atoms with Gasteiger partial charge in [0.2, 0.25) is 6.33 Å². The Bertz CT molecular complexity index is 582. The first-order valence-corrected chi connectivity index (χ1v) is 4.97. The zero-order chi connectivity index (χ0) is 10.1. The van der Waals surface area contributed by atoms with Gasteiger partial charge in [0, 0.05) is 0 Å². The van der Waals surface area contributed by atoms with E-state index < -0.39 is 0 Å². The van der Waals surface area contributed by atoms with Crippen LogP contribution in [0, 0.1) is 0 Å². The summed E-state index contributed by atoms with van der Waals surface area (Å²) in [7, 11) is 0. The Morgan fingerprint density at radius 3 is 2.60 bits per heavy atom. The molecule has 72 valence electrons. The molecule has 0 atom stereocenters. The van der Waals surface area contributed by atoms with Gasteiger partial charge >= 0.3 is 0 Å². The number of rotatable bonds is 1. The molecule has 0 aliphatic carbocycles. The van der Waals surface area contributed by atoms with Crippen LogP contribution in [-0.4, -0.2) is 4.98 Å². The molecule has 0 radical (unpaired) electrons. The van der Waals surface area contributed by atoms with E-state index >= 15 is 0 Å². The minimum Gasteiger partial charge on any atom is -0.250 e. The summed E-state index contributed by atoms with van der Waals surface area (Å²) in [5.41, 5.74) is 1.18. The second-order valence-electron chi connectivity index (χ2n) is 3.55. The topological polar surface area (TPSA) is 19.7 Å². The van der Waals surface area contributed by atoms with E-state index in [1.165, 1.54) is 16.5 Å². The monoisotopic (exact) mass is 195 g/mol. The van der Waals surface area contributed by atoms with Gasteiger partial charge in [0.15, 0.2) is 0 Å². The van der Waals surface area contributed by atoms with Crippen molar-refractivity contribution in [3.05, 3.63) is 61.2 Å². The van der Waals surface area contributed by atoms with Gasteiger partial charge in [-0.25, -0.2) is 9.55 Å². The number of hydrogen-bond donors (Lipinski definition) is 1. The summed E-state index contributed by atoms with van der Waals surface area (Å²) < 4.78 is 2.06. The molecular weight excluding hydrogens is 184 g/mol. The van der Waals surface area contributed by atoms with Crippen molar-refractivity contribution in [2.75, 3.05) is 0 Å². The van der Waals surface area contributed by atoms with Gasteiger partial charge in [0.25, 0.3) is 0 Å². The van der Waals surface area contributed by atoms with Gasteiger partial charge in [-0.1, -0.05) is 30.3 Å². The van der Waals surface area contributed by atoms with Crippen molar-refractivity contribution in [3.63, 3.8) is 0 Å². The molecule has 0 fully saturated rings. The van der Waals surface area contributed by atoms with Crippen LogP contribution in [0.25, 0.3) is 16.5 Å². The highest BCUT2D eigenvalue weighted by molar-refractivity contribution is 5.83. The van der Waals surface area contributed by atoms with Crippen LogP contribution in [0.3, 0.4) is 0 Å². The number of hydrogen-bond acceptors (Lipinski definition) is 0. The highest BCUT2D eigenvalue weighted by Gasteiger charge is 2.02. The minimum atomic E-state index is 1.18. The molecule has 2 heteroatoms. The van der Waals surface area contributed by atoms with Gasteiger partial charge in [0.1, 0.15) is 18.1 Å². The van der Waals surface area contributed by atoms with Gasteiger partial charge in [-0.15, -0.1) is 0 Å². The molecule has 0 bridgehead atoms. The molecule has 0 spiro atoms. The molecule has 1 aromatic heterocycles. The van der Waals surface area contributed by atoms with Gasteiger partial charge in [-0.05, 0) is 22.9 Å². The lowest BCUT2D eigenvalue weighted by molar-refractivity contribution is -0.594. The first kappa shape index (κ1) is 8.24. The molecule has 0 unspecified atom stereocenters. The van der Waals surface area contributed by atoms with E-state index in [2.05, 4.69) is 52.0 Å². The average Bonchev–Trinajstić information content (AvgIpc) is 2.82. The SMILES string of the molecule is c1ccc2cc(-[n+]3cc[nH]c3)ccc2c1. The van der Waals surface area contributed by atoms with Gasteiger partial charge in [-0.2, -0.15) is 0 Å². The Balaban J connectivity index is 2.22. The lowest BCUT2D eigenvalue weighted by Gasteiger charge is -1.99. The molecule has 1 heterocycles. The molecule has 0 aliphatic heterocycles. The Hall–Kier alpha value is -2.09. The highest BCUT2D eigenvalue weighted by atomic mass is 15.0. The van der Waals surface area contributed by atoms with Crippen molar-refractivity contribution in [2.24, 2.45) is 0 Å². The lowest BCUT2D eigenvalue weighted by Crippen LogP contribution is -2.26. The van der Waals surface area contributed by atoms with E-state index in [-0.39, 0.29) is 0 Å². The lowest BCUT2D eigenvalue weighted by atomic mass is 10.1. The Kier molecular flexibility index (Phi) is 1.78. The number of imidazole rings is 1. The fourth-order valence-corrected chi connectivity index (χ4v) is 1.79. The van der Waals surface area contributed by atoms with E-state index in [1.807, 2.05) is 18.7 Å². The van der Waals surface area contributed by atoms with Crippen molar-refractivity contribution >= 4 is 10.8 Å². The average molecular weight is 195 g/mol. The summed E-state index contributed by atoms with van der Waals surface area (Å²) in [5, 5.41) is 2.54. The summed E-state index contributed by atoms with van der Waals surface area (Å²) >= 11 is 0. The zero-order valence-corrected chi connectivity index (χ0v) is 8.22. The second kappa shape index (κ2) is 3.24. The van der Waals surface area contributed by atoms with Gasteiger partial charge < -0.3 is 0 Å². The van der Waals surface area contributed by atoms with Crippen LogP contribution in [0.5, 0.6) is 0 Å². The molecule has 0 saturated heterocycles. The molecular formula is C13H11N2+. The summed E-state index contributed by atoms with van der Waals surface area (Å²) in [6, 6.07) is 14.8. The minimum absolute atomic E-state index is 1.18. The number of aromatic nitrogens is 2. The predicted octanol–water partition coefficient (Wildman–Crippen LogP) is 2.44. The van der Waals surface area contributed by atoms with Crippen molar-refractivity contribution in [2.45, 2.75) is 0 Å². The third-order valence-electron chi connectivity index (χ3n) is 2.58. The fourth-order valence-electron chi connectivity index (χ4n) is 1.79. The largest absolute Gasteiger partial charge is 0.250 e. The Morgan fingerprint density at radius 1 is 0.933 bits per heavy atom. The van der Waals surface area contributed by atoms with Crippen LogP contribution < -0.4 is 4.57 Å². The maximum Gasteiger partial charge on any atom is 0.246 e. The van der Waals surface area contributed by atoms with Crippen LogP contribution in [0.2, 0.25) is 0 Å². The van der Waals surface area contributed by atoms with E-state index in [1.54, 1.807) is 0 Å². The number of benzene rings is 2. The smallest absolute Gasteiger partial charge is 0.246 e. The molecule has 0 amide bonds. The first-order chi connectivity index (χ1) is 7.43. The highest BCUT2D eigenvalue weighted by Crippen LogP contribution is 2.15. The number of nitrogens with zero attached hydrogens (tertiary/aromatic N) is 1. The fraction of sp³-hybridized carbons (Fsp3) is 0. The number of fused-ring (bicyclic) bond motifs is 1. The van der Waals surface area contributed by atoms with Crippen molar-refractivity contribution < 1.29 is 4.57 Å². The second-order valence-corrected chi connectivity index (χ2v) is 3.55. The van der Waals surface area contributed by atoms with Crippen molar-refractivity contribution in [3.8, 4) is 5.69 Å². The third-order valence-corrected chi connectivity index (χ3v) is 2.58. The zero-order valence-electron chi connectivity index (χ0n) is 8.22. The van der Waals surface area contributed by atoms with Crippen LogP contribution in [0.1, 0.15) is 0 Å². The molecule has 0 aliphatic rings. The predicted molar refractivity (Wildman–Crippen MR) is 59.8 cm³/mol. The summed E-state index contributed by atoms with van der Waals surface area (Å²) in [5.74, 6) is 0. The van der Waals surface area contributed by atoms with Gasteiger partial charge in [-0.3, -0.25) is 0 Å². The maximum atomic E-state index is 3.04. The number of aromatic amines is 1. The quantitative estimate of drug-likeness (QED) is 0.575. The van der Waals surface area contributed by atoms with Crippen LogP contribution in [0.15, 0.2) is 61.2 Å². The van der Waals surface area contributed by atoms with E-state index in [0.29, 0.717) is 0 Å². The first-order valence-electron chi connectivity index (χ1n) is 4.97. The van der Waals surface area contributed by atoms with Crippen molar-refractivity contribution in [1.82, 2.24) is 4.98 Å². The molecule has 15 heavy (non-hydrogen) atoms. The Labute approximate surface area is 87.8 Å².